The minimum Gasteiger partial charge on any atom is -0.494 e. The van der Waals surface area contributed by atoms with Crippen molar-refractivity contribution < 1.29 is 9.53 Å². The van der Waals surface area contributed by atoms with E-state index < -0.39 is 0 Å². The van der Waals surface area contributed by atoms with Crippen molar-refractivity contribution in [2.24, 2.45) is 0 Å². The first-order chi connectivity index (χ1) is 14.8. The van der Waals surface area contributed by atoms with E-state index >= 15 is 0 Å². The number of rotatable bonds is 8. The van der Waals surface area contributed by atoms with Crippen LogP contribution in [-0.2, 0) is 6.42 Å². The maximum absolute atomic E-state index is 13.4. The molecule has 3 aromatic rings. The number of para-hydroxylation sites is 1. The van der Waals surface area contributed by atoms with E-state index in [0.29, 0.717) is 13.2 Å². The highest BCUT2D eigenvalue weighted by molar-refractivity contribution is 6.01. The first-order valence-electron chi connectivity index (χ1n) is 10.7. The Labute approximate surface area is 178 Å². The Kier molecular flexibility index (Phi) is 6.33. The summed E-state index contributed by atoms with van der Waals surface area (Å²) in [4.78, 5) is 15.3. The monoisotopic (exact) mass is 400 g/mol. The highest BCUT2D eigenvalue weighted by Gasteiger charge is 2.32. The van der Waals surface area contributed by atoms with Crippen LogP contribution < -0.4 is 10.1 Å². The lowest BCUT2D eigenvalue weighted by Gasteiger charge is -2.38. The number of fused-ring (bicyclic) bond motifs is 1. The van der Waals surface area contributed by atoms with E-state index in [1.807, 2.05) is 65.6 Å². The summed E-state index contributed by atoms with van der Waals surface area (Å²) in [5.41, 5.74) is 3.84. The fourth-order valence-electron chi connectivity index (χ4n) is 3.79. The molecule has 0 fully saturated rings. The van der Waals surface area contributed by atoms with Gasteiger partial charge in [0.05, 0.1) is 12.2 Å². The first kappa shape index (κ1) is 20.0. The molecule has 4 rings (SSSR count). The van der Waals surface area contributed by atoms with E-state index in [4.69, 9.17) is 4.74 Å². The SMILES string of the molecule is CCCCOc1cccc(C2Nc3ccccc3C(=O)N2CCc2ccccc2)c1. The molecule has 1 unspecified atom stereocenters. The van der Waals surface area contributed by atoms with E-state index in [1.54, 1.807) is 0 Å². The van der Waals surface area contributed by atoms with Gasteiger partial charge in [0.1, 0.15) is 11.9 Å². The van der Waals surface area contributed by atoms with Gasteiger partial charge in [0, 0.05) is 12.2 Å². The van der Waals surface area contributed by atoms with Crippen molar-refractivity contribution in [3.05, 3.63) is 95.6 Å². The highest BCUT2D eigenvalue weighted by Crippen LogP contribution is 2.34. The second kappa shape index (κ2) is 9.49. The number of amides is 1. The molecule has 1 N–H and O–H groups in total. The van der Waals surface area contributed by atoms with Crippen molar-refractivity contribution in [2.75, 3.05) is 18.5 Å². The Morgan fingerprint density at radius 3 is 2.60 bits per heavy atom. The van der Waals surface area contributed by atoms with Gasteiger partial charge < -0.3 is 15.0 Å². The lowest BCUT2D eigenvalue weighted by atomic mass is 10.0. The van der Waals surface area contributed by atoms with Gasteiger partial charge in [0.25, 0.3) is 5.91 Å². The molecule has 4 heteroatoms. The van der Waals surface area contributed by atoms with E-state index in [-0.39, 0.29) is 12.1 Å². The van der Waals surface area contributed by atoms with Crippen LogP contribution in [-0.4, -0.2) is 24.0 Å². The maximum atomic E-state index is 13.4. The zero-order valence-electron chi connectivity index (χ0n) is 17.4. The van der Waals surface area contributed by atoms with Gasteiger partial charge in [-0.3, -0.25) is 4.79 Å². The van der Waals surface area contributed by atoms with Crippen LogP contribution in [0.1, 0.15) is 47.4 Å². The summed E-state index contributed by atoms with van der Waals surface area (Å²) in [7, 11) is 0. The minimum atomic E-state index is -0.231. The van der Waals surface area contributed by atoms with Crippen LogP contribution in [0.2, 0.25) is 0 Å². The molecule has 1 aliphatic rings. The summed E-state index contributed by atoms with van der Waals surface area (Å²) in [5, 5.41) is 3.57. The normalized spacial score (nSPS) is 15.4. The molecule has 154 valence electrons. The van der Waals surface area contributed by atoms with Gasteiger partial charge in [0.15, 0.2) is 0 Å². The Morgan fingerprint density at radius 2 is 1.77 bits per heavy atom. The number of benzene rings is 3. The predicted octanol–water partition coefficient (Wildman–Crippen LogP) is 5.67. The van der Waals surface area contributed by atoms with E-state index in [2.05, 4.69) is 30.4 Å². The number of hydrogen-bond acceptors (Lipinski definition) is 3. The average Bonchev–Trinajstić information content (AvgIpc) is 2.79. The Morgan fingerprint density at radius 1 is 0.967 bits per heavy atom. The largest absolute Gasteiger partial charge is 0.494 e. The molecule has 1 heterocycles. The summed E-state index contributed by atoms with van der Waals surface area (Å²) in [6.45, 7) is 3.49. The predicted molar refractivity (Wildman–Crippen MR) is 121 cm³/mol. The Bertz CT molecular complexity index is 987. The third-order valence-corrected chi connectivity index (χ3v) is 5.45. The Balaban J connectivity index is 1.61. The summed E-state index contributed by atoms with van der Waals surface area (Å²) < 4.78 is 5.91. The number of carbonyl (C=O) groups is 1. The second-order valence-electron chi connectivity index (χ2n) is 7.60. The van der Waals surface area contributed by atoms with Crippen LogP contribution >= 0.6 is 0 Å². The first-order valence-corrected chi connectivity index (χ1v) is 10.7. The molecule has 3 aromatic carbocycles. The van der Waals surface area contributed by atoms with Crippen LogP contribution in [0.4, 0.5) is 5.69 Å². The number of anilines is 1. The molecular formula is C26H28N2O2. The van der Waals surface area contributed by atoms with Gasteiger partial charge in [-0.05, 0) is 48.2 Å². The molecule has 0 radical (unpaired) electrons. The number of hydrogen-bond donors (Lipinski definition) is 1. The van der Waals surface area contributed by atoms with E-state index in [0.717, 1.165) is 41.8 Å². The average molecular weight is 401 g/mol. The summed E-state index contributed by atoms with van der Waals surface area (Å²) in [5.74, 6) is 0.902. The zero-order valence-corrected chi connectivity index (χ0v) is 17.4. The molecule has 30 heavy (non-hydrogen) atoms. The third-order valence-electron chi connectivity index (χ3n) is 5.45. The molecule has 0 bridgehead atoms. The molecule has 0 aromatic heterocycles. The quantitative estimate of drug-likeness (QED) is 0.495. The lowest BCUT2D eigenvalue weighted by Crippen LogP contribution is -2.44. The van der Waals surface area contributed by atoms with Crippen LogP contribution in [0, 0.1) is 0 Å². The van der Waals surface area contributed by atoms with Gasteiger partial charge in [0.2, 0.25) is 0 Å². The third kappa shape index (κ3) is 4.48. The molecule has 0 spiro atoms. The molecule has 0 saturated carbocycles. The molecular weight excluding hydrogens is 372 g/mol. The van der Waals surface area contributed by atoms with Crippen molar-refractivity contribution >= 4 is 11.6 Å². The summed E-state index contributed by atoms with van der Waals surface area (Å²) in [6, 6.07) is 26.1. The molecule has 0 saturated heterocycles. The van der Waals surface area contributed by atoms with Gasteiger partial charge in [-0.15, -0.1) is 0 Å². The fourth-order valence-corrected chi connectivity index (χ4v) is 3.79. The van der Waals surface area contributed by atoms with Crippen molar-refractivity contribution in [3.8, 4) is 5.75 Å². The fraction of sp³-hybridized carbons (Fsp3) is 0.269. The van der Waals surface area contributed by atoms with Crippen molar-refractivity contribution in [1.29, 1.82) is 0 Å². The standard InChI is InChI=1S/C26H28N2O2/c1-2-3-18-30-22-13-9-12-21(19-22)25-27-24-15-8-7-14-23(24)26(29)28(25)17-16-20-10-5-4-6-11-20/h4-15,19,25,27H,2-3,16-18H2,1H3. The van der Waals surface area contributed by atoms with Crippen LogP contribution in [0.15, 0.2) is 78.9 Å². The van der Waals surface area contributed by atoms with Crippen molar-refractivity contribution in [3.63, 3.8) is 0 Å². The second-order valence-corrected chi connectivity index (χ2v) is 7.60. The summed E-state index contributed by atoms with van der Waals surface area (Å²) in [6.07, 6.45) is 2.70. The highest BCUT2D eigenvalue weighted by atomic mass is 16.5. The zero-order chi connectivity index (χ0) is 20.8. The van der Waals surface area contributed by atoms with Gasteiger partial charge >= 0.3 is 0 Å². The topological polar surface area (TPSA) is 41.6 Å². The van der Waals surface area contributed by atoms with Gasteiger partial charge in [-0.1, -0.05) is 67.9 Å². The smallest absolute Gasteiger partial charge is 0.257 e. The van der Waals surface area contributed by atoms with Crippen LogP contribution in [0.5, 0.6) is 5.75 Å². The molecule has 1 atom stereocenters. The number of carbonyl (C=O) groups excluding carboxylic acids is 1. The number of unbranched alkanes of at least 4 members (excludes halogenated alkanes) is 1. The maximum Gasteiger partial charge on any atom is 0.257 e. The van der Waals surface area contributed by atoms with E-state index in [1.165, 1.54) is 5.56 Å². The number of ether oxygens (including phenoxy) is 1. The van der Waals surface area contributed by atoms with Gasteiger partial charge in [-0.2, -0.15) is 0 Å². The minimum absolute atomic E-state index is 0.0579. The molecule has 0 aliphatic carbocycles. The van der Waals surface area contributed by atoms with Crippen molar-refractivity contribution in [2.45, 2.75) is 32.4 Å². The van der Waals surface area contributed by atoms with Gasteiger partial charge in [-0.25, -0.2) is 0 Å². The number of nitrogens with zero attached hydrogens (tertiary/aromatic N) is 1. The number of nitrogens with one attached hydrogen (secondary N) is 1. The molecule has 4 nitrogen and oxygen atoms in total. The van der Waals surface area contributed by atoms with Crippen LogP contribution in [0.25, 0.3) is 0 Å². The van der Waals surface area contributed by atoms with Crippen molar-refractivity contribution in [1.82, 2.24) is 4.90 Å². The summed E-state index contributed by atoms with van der Waals surface area (Å²) >= 11 is 0. The van der Waals surface area contributed by atoms with Crippen LogP contribution in [0.3, 0.4) is 0 Å². The molecule has 1 amide bonds. The lowest BCUT2D eigenvalue weighted by molar-refractivity contribution is 0.0685. The molecule has 1 aliphatic heterocycles. The van der Waals surface area contributed by atoms with E-state index in [9.17, 15) is 4.79 Å². The Hall–Kier alpha value is -3.27.